The second kappa shape index (κ2) is 6.05. The van der Waals surface area contributed by atoms with Crippen molar-refractivity contribution in [1.82, 2.24) is 4.90 Å². The first-order chi connectivity index (χ1) is 9.49. The molecular formula is C15H20N2O3. The van der Waals surface area contributed by atoms with Crippen LogP contribution in [-0.2, 0) is 4.79 Å². The third-order valence-electron chi connectivity index (χ3n) is 3.92. The number of likely N-dealkylation sites (tertiary alicyclic amines) is 1. The van der Waals surface area contributed by atoms with Gasteiger partial charge in [0.2, 0.25) is 0 Å². The molecule has 1 fully saturated rings. The Hall–Kier alpha value is -1.88. The minimum absolute atomic E-state index is 0.0102. The lowest BCUT2D eigenvalue weighted by Crippen LogP contribution is -2.46. The number of anilines is 1. The van der Waals surface area contributed by atoms with Crippen LogP contribution in [0, 0.1) is 5.92 Å². The van der Waals surface area contributed by atoms with Gasteiger partial charge < -0.3 is 10.8 Å². The summed E-state index contributed by atoms with van der Waals surface area (Å²) < 4.78 is 0. The van der Waals surface area contributed by atoms with Crippen molar-refractivity contribution in [2.45, 2.75) is 25.8 Å². The highest BCUT2D eigenvalue weighted by Crippen LogP contribution is 2.20. The van der Waals surface area contributed by atoms with Crippen molar-refractivity contribution in [1.29, 1.82) is 0 Å². The maximum absolute atomic E-state index is 12.4. The monoisotopic (exact) mass is 276 g/mol. The number of hydrogen-bond donors (Lipinski definition) is 2. The van der Waals surface area contributed by atoms with E-state index in [2.05, 4.69) is 0 Å². The number of carboxylic acid groups (broad SMARTS) is 1. The van der Waals surface area contributed by atoms with Crippen LogP contribution in [0.25, 0.3) is 0 Å². The molecule has 0 spiro atoms. The third kappa shape index (κ3) is 3.17. The van der Waals surface area contributed by atoms with Gasteiger partial charge >= 0.3 is 5.97 Å². The van der Waals surface area contributed by atoms with Crippen LogP contribution in [0.5, 0.6) is 0 Å². The van der Waals surface area contributed by atoms with Gasteiger partial charge in [0, 0.05) is 17.8 Å². The van der Waals surface area contributed by atoms with E-state index in [4.69, 9.17) is 10.8 Å². The minimum atomic E-state index is -0.776. The summed E-state index contributed by atoms with van der Waals surface area (Å²) in [6.07, 6.45) is 1.50. The van der Waals surface area contributed by atoms with Crippen molar-refractivity contribution in [3.8, 4) is 0 Å². The number of benzene rings is 1. The highest BCUT2D eigenvalue weighted by atomic mass is 16.4. The number of nitrogens with zero attached hydrogens (tertiary/aromatic N) is 1. The predicted octanol–water partition coefficient (Wildman–Crippen LogP) is 1.64. The number of carboxylic acids is 1. The molecule has 2 unspecified atom stereocenters. The standard InChI is InChI=1S/C15H20N2O3/c1-10(14(18)11-4-6-13(16)7-5-11)17-8-2-3-12(9-17)15(19)20/h4-7,10,12H,2-3,8-9,16H2,1H3,(H,19,20). The predicted molar refractivity (Wildman–Crippen MR) is 76.6 cm³/mol. The molecule has 108 valence electrons. The second-order valence-corrected chi connectivity index (χ2v) is 5.33. The fourth-order valence-electron chi connectivity index (χ4n) is 2.61. The van der Waals surface area contributed by atoms with Gasteiger partial charge in [0.15, 0.2) is 5.78 Å². The smallest absolute Gasteiger partial charge is 0.307 e. The summed E-state index contributed by atoms with van der Waals surface area (Å²) in [5.41, 5.74) is 6.85. The third-order valence-corrected chi connectivity index (χ3v) is 3.92. The number of hydrogen-bond acceptors (Lipinski definition) is 4. The van der Waals surface area contributed by atoms with E-state index >= 15 is 0 Å². The summed E-state index contributed by atoms with van der Waals surface area (Å²) in [6, 6.07) is 6.53. The quantitative estimate of drug-likeness (QED) is 0.645. The van der Waals surface area contributed by atoms with E-state index in [0.717, 1.165) is 13.0 Å². The molecular weight excluding hydrogens is 256 g/mol. The maximum Gasteiger partial charge on any atom is 0.307 e. The highest BCUT2D eigenvalue weighted by Gasteiger charge is 2.30. The van der Waals surface area contributed by atoms with E-state index in [1.807, 2.05) is 11.8 Å². The Kier molecular flexibility index (Phi) is 4.39. The number of piperidine rings is 1. The van der Waals surface area contributed by atoms with Gasteiger partial charge in [-0.25, -0.2) is 0 Å². The van der Waals surface area contributed by atoms with Gasteiger partial charge in [0.05, 0.1) is 12.0 Å². The topological polar surface area (TPSA) is 83.6 Å². The lowest BCUT2D eigenvalue weighted by atomic mass is 9.95. The summed E-state index contributed by atoms with van der Waals surface area (Å²) in [6.45, 7) is 3.05. The van der Waals surface area contributed by atoms with Crippen LogP contribution in [0.1, 0.15) is 30.1 Å². The Morgan fingerprint density at radius 3 is 2.60 bits per heavy atom. The highest BCUT2D eigenvalue weighted by molar-refractivity contribution is 6.00. The molecule has 1 saturated heterocycles. The fourth-order valence-corrected chi connectivity index (χ4v) is 2.61. The van der Waals surface area contributed by atoms with Crippen LogP contribution in [0.4, 0.5) is 5.69 Å². The van der Waals surface area contributed by atoms with Crippen LogP contribution < -0.4 is 5.73 Å². The number of carbonyl (C=O) groups is 2. The lowest BCUT2D eigenvalue weighted by molar-refractivity contribution is -0.143. The Morgan fingerprint density at radius 1 is 1.35 bits per heavy atom. The Morgan fingerprint density at radius 2 is 2.00 bits per heavy atom. The first-order valence-corrected chi connectivity index (χ1v) is 6.85. The van der Waals surface area contributed by atoms with Gasteiger partial charge in [-0.3, -0.25) is 14.5 Å². The molecule has 2 atom stereocenters. The number of rotatable bonds is 4. The Labute approximate surface area is 118 Å². The zero-order chi connectivity index (χ0) is 14.7. The molecule has 5 heteroatoms. The molecule has 1 aromatic rings. The average molecular weight is 276 g/mol. The number of nitrogen functional groups attached to an aromatic ring is 1. The van der Waals surface area contributed by atoms with Crippen molar-refractivity contribution in [2.75, 3.05) is 18.8 Å². The molecule has 1 heterocycles. The van der Waals surface area contributed by atoms with Gasteiger partial charge in [0.1, 0.15) is 0 Å². The lowest BCUT2D eigenvalue weighted by Gasteiger charge is -2.34. The first-order valence-electron chi connectivity index (χ1n) is 6.85. The van der Waals surface area contributed by atoms with Crippen molar-refractivity contribution < 1.29 is 14.7 Å². The number of ketones is 1. The van der Waals surface area contributed by atoms with E-state index in [-0.39, 0.29) is 17.7 Å². The molecule has 0 radical (unpaired) electrons. The molecule has 0 bridgehead atoms. The van der Waals surface area contributed by atoms with Crippen molar-refractivity contribution in [2.24, 2.45) is 5.92 Å². The van der Waals surface area contributed by atoms with Crippen LogP contribution >= 0.6 is 0 Å². The summed E-state index contributed by atoms with van der Waals surface area (Å²) in [4.78, 5) is 25.4. The van der Waals surface area contributed by atoms with Crippen molar-refractivity contribution in [3.05, 3.63) is 29.8 Å². The summed E-state index contributed by atoms with van der Waals surface area (Å²) in [7, 11) is 0. The summed E-state index contributed by atoms with van der Waals surface area (Å²) in [5, 5.41) is 9.10. The van der Waals surface area contributed by atoms with E-state index in [0.29, 0.717) is 24.2 Å². The van der Waals surface area contributed by atoms with E-state index in [1.54, 1.807) is 24.3 Å². The zero-order valence-corrected chi connectivity index (χ0v) is 11.6. The average Bonchev–Trinajstić information content (AvgIpc) is 2.46. The molecule has 20 heavy (non-hydrogen) atoms. The fraction of sp³-hybridized carbons (Fsp3) is 0.467. The van der Waals surface area contributed by atoms with Crippen LogP contribution in [-0.4, -0.2) is 40.9 Å². The summed E-state index contributed by atoms with van der Waals surface area (Å²) >= 11 is 0. The normalized spacial score (nSPS) is 21.4. The molecule has 3 N–H and O–H groups in total. The zero-order valence-electron chi connectivity index (χ0n) is 11.6. The largest absolute Gasteiger partial charge is 0.481 e. The maximum atomic E-state index is 12.4. The molecule has 0 aliphatic carbocycles. The number of Topliss-reactive ketones (excluding diaryl/α,β-unsaturated/α-hetero) is 1. The molecule has 5 nitrogen and oxygen atoms in total. The van der Waals surface area contributed by atoms with Crippen LogP contribution in [0.3, 0.4) is 0 Å². The van der Waals surface area contributed by atoms with Crippen LogP contribution in [0.2, 0.25) is 0 Å². The van der Waals surface area contributed by atoms with Gasteiger partial charge in [-0.05, 0) is 50.6 Å². The van der Waals surface area contributed by atoms with Gasteiger partial charge in [-0.1, -0.05) is 0 Å². The molecule has 0 saturated carbocycles. The van der Waals surface area contributed by atoms with E-state index in [1.165, 1.54) is 0 Å². The summed E-state index contributed by atoms with van der Waals surface area (Å²) in [5.74, 6) is -1.14. The van der Waals surface area contributed by atoms with Crippen LogP contribution in [0.15, 0.2) is 24.3 Å². The van der Waals surface area contributed by atoms with Gasteiger partial charge in [-0.15, -0.1) is 0 Å². The van der Waals surface area contributed by atoms with Crippen molar-refractivity contribution >= 4 is 17.4 Å². The molecule has 0 aromatic heterocycles. The molecule has 1 aliphatic heterocycles. The number of nitrogens with two attached hydrogens (primary N) is 1. The van der Waals surface area contributed by atoms with Crippen molar-refractivity contribution in [3.63, 3.8) is 0 Å². The van der Waals surface area contributed by atoms with E-state index < -0.39 is 5.97 Å². The Bertz CT molecular complexity index is 498. The molecule has 1 aliphatic rings. The molecule has 2 rings (SSSR count). The first kappa shape index (κ1) is 14.5. The number of aliphatic carboxylic acids is 1. The minimum Gasteiger partial charge on any atom is -0.481 e. The van der Waals surface area contributed by atoms with Gasteiger partial charge in [0.25, 0.3) is 0 Å². The second-order valence-electron chi connectivity index (χ2n) is 5.33. The SMILES string of the molecule is CC(C(=O)c1ccc(N)cc1)N1CCCC(C(=O)O)C1. The Balaban J connectivity index is 2.06. The van der Waals surface area contributed by atoms with Gasteiger partial charge in [-0.2, -0.15) is 0 Å². The van der Waals surface area contributed by atoms with E-state index in [9.17, 15) is 9.59 Å². The number of carbonyl (C=O) groups excluding carboxylic acids is 1. The molecule has 0 amide bonds. The molecule has 1 aromatic carbocycles.